The maximum atomic E-state index is 3.36. The Kier molecular flexibility index (Phi) is 2.79. The Morgan fingerprint density at radius 3 is 2.83 bits per heavy atom. The monoisotopic (exact) mass is 166 g/mol. The van der Waals surface area contributed by atoms with Crippen LogP contribution in [0.3, 0.4) is 0 Å². The molecule has 0 aromatic heterocycles. The van der Waals surface area contributed by atoms with Crippen LogP contribution < -0.4 is 5.32 Å². The van der Waals surface area contributed by atoms with Gasteiger partial charge in [-0.3, -0.25) is 4.90 Å². The van der Waals surface area contributed by atoms with Crippen molar-refractivity contribution in [2.24, 2.45) is 0 Å². The molecule has 12 heavy (non-hydrogen) atoms. The molecule has 1 N–H and O–H groups in total. The van der Waals surface area contributed by atoms with Crippen LogP contribution in [0.5, 0.6) is 0 Å². The largest absolute Gasteiger partial charge is 0.313 e. The zero-order valence-corrected chi connectivity index (χ0v) is 7.68. The van der Waals surface area contributed by atoms with E-state index in [2.05, 4.69) is 16.3 Å². The first-order valence-electron chi connectivity index (χ1n) is 5.06. The summed E-state index contributed by atoms with van der Waals surface area (Å²) in [7, 11) is 0. The fourth-order valence-corrected chi connectivity index (χ4v) is 1.98. The standard InChI is InChI=1S/C10H18N2/c1-2-7-12(6-1)8-4-10-3-5-11-9-10/h4,11H,1-3,5-9H2/b10-4+. The Labute approximate surface area is 74.6 Å². The number of nitrogens with zero attached hydrogens (tertiary/aromatic N) is 1. The third-order valence-electron chi connectivity index (χ3n) is 2.81. The maximum Gasteiger partial charge on any atom is 0.0166 e. The van der Waals surface area contributed by atoms with Crippen LogP contribution in [0.25, 0.3) is 0 Å². The molecule has 2 saturated heterocycles. The molecular weight excluding hydrogens is 148 g/mol. The molecule has 2 fully saturated rings. The van der Waals surface area contributed by atoms with Crippen molar-refractivity contribution in [3.63, 3.8) is 0 Å². The molecule has 0 saturated carbocycles. The molecule has 2 nitrogen and oxygen atoms in total. The summed E-state index contributed by atoms with van der Waals surface area (Å²) < 4.78 is 0. The van der Waals surface area contributed by atoms with Gasteiger partial charge in [0.2, 0.25) is 0 Å². The van der Waals surface area contributed by atoms with E-state index in [0.29, 0.717) is 0 Å². The molecule has 0 atom stereocenters. The number of likely N-dealkylation sites (tertiary alicyclic amines) is 1. The van der Waals surface area contributed by atoms with Crippen molar-refractivity contribution in [3.8, 4) is 0 Å². The van der Waals surface area contributed by atoms with Crippen LogP contribution in [0.15, 0.2) is 11.6 Å². The van der Waals surface area contributed by atoms with Gasteiger partial charge in [-0.1, -0.05) is 11.6 Å². The fraction of sp³-hybridized carbons (Fsp3) is 0.800. The molecule has 2 heteroatoms. The van der Waals surface area contributed by atoms with E-state index in [9.17, 15) is 0 Å². The summed E-state index contributed by atoms with van der Waals surface area (Å²) in [5.41, 5.74) is 1.61. The first-order chi connectivity index (χ1) is 5.95. The van der Waals surface area contributed by atoms with Gasteiger partial charge in [0, 0.05) is 13.1 Å². The molecule has 0 unspecified atom stereocenters. The lowest BCUT2D eigenvalue weighted by molar-refractivity contribution is 0.376. The molecular formula is C10H18N2. The van der Waals surface area contributed by atoms with Crippen molar-refractivity contribution in [1.29, 1.82) is 0 Å². The Morgan fingerprint density at radius 2 is 2.17 bits per heavy atom. The minimum absolute atomic E-state index is 1.13. The lowest BCUT2D eigenvalue weighted by Crippen LogP contribution is -2.19. The van der Waals surface area contributed by atoms with Gasteiger partial charge < -0.3 is 5.32 Å². The van der Waals surface area contributed by atoms with Crippen LogP contribution >= 0.6 is 0 Å². The minimum Gasteiger partial charge on any atom is -0.313 e. The zero-order chi connectivity index (χ0) is 8.23. The number of hydrogen-bond acceptors (Lipinski definition) is 2. The van der Waals surface area contributed by atoms with Gasteiger partial charge in [-0.05, 0) is 38.9 Å². The third kappa shape index (κ3) is 2.08. The van der Waals surface area contributed by atoms with E-state index in [-0.39, 0.29) is 0 Å². The average molecular weight is 166 g/mol. The SMILES string of the molecule is C(/CN1CCCC1)=C1/CCNC1. The molecule has 0 bridgehead atoms. The second-order valence-corrected chi connectivity index (χ2v) is 3.80. The van der Waals surface area contributed by atoms with Gasteiger partial charge in [-0.25, -0.2) is 0 Å². The van der Waals surface area contributed by atoms with E-state index >= 15 is 0 Å². The lowest BCUT2D eigenvalue weighted by atomic mass is 10.2. The topological polar surface area (TPSA) is 15.3 Å². The number of hydrogen-bond donors (Lipinski definition) is 1. The highest BCUT2D eigenvalue weighted by Crippen LogP contribution is 2.09. The summed E-state index contributed by atoms with van der Waals surface area (Å²) in [6.45, 7) is 6.14. The fourth-order valence-electron chi connectivity index (χ4n) is 1.98. The molecule has 0 radical (unpaired) electrons. The van der Waals surface area contributed by atoms with Gasteiger partial charge in [0.1, 0.15) is 0 Å². The molecule has 2 aliphatic rings. The number of rotatable bonds is 2. The lowest BCUT2D eigenvalue weighted by Gasteiger charge is -2.11. The summed E-state index contributed by atoms with van der Waals surface area (Å²) in [5, 5.41) is 3.36. The predicted molar refractivity (Wildman–Crippen MR) is 51.2 cm³/mol. The molecule has 0 amide bonds. The summed E-state index contributed by atoms with van der Waals surface area (Å²) in [6, 6.07) is 0. The third-order valence-corrected chi connectivity index (χ3v) is 2.81. The zero-order valence-electron chi connectivity index (χ0n) is 7.68. The van der Waals surface area contributed by atoms with Crippen molar-refractivity contribution in [2.45, 2.75) is 19.3 Å². The summed E-state index contributed by atoms with van der Waals surface area (Å²) in [5.74, 6) is 0. The summed E-state index contributed by atoms with van der Waals surface area (Å²) in [6.07, 6.45) is 6.50. The van der Waals surface area contributed by atoms with Crippen LogP contribution in [0.2, 0.25) is 0 Å². The normalized spacial score (nSPS) is 28.8. The van der Waals surface area contributed by atoms with Crippen LogP contribution in [0, 0.1) is 0 Å². The molecule has 0 aromatic carbocycles. The van der Waals surface area contributed by atoms with Crippen molar-refractivity contribution in [2.75, 3.05) is 32.7 Å². The van der Waals surface area contributed by atoms with Gasteiger partial charge in [-0.15, -0.1) is 0 Å². The Hall–Kier alpha value is -0.340. The van der Waals surface area contributed by atoms with E-state index in [1.807, 2.05) is 0 Å². The van der Waals surface area contributed by atoms with E-state index in [4.69, 9.17) is 0 Å². The highest BCUT2D eigenvalue weighted by atomic mass is 15.1. The van der Waals surface area contributed by atoms with Crippen LogP contribution in [0.4, 0.5) is 0 Å². The van der Waals surface area contributed by atoms with Gasteiger partial charge in [-0.2, -0.15) is 0 Å². The summed E-state index contributed by atoms with van der Waals surface area (Å²) >= 11 is 0. The first-order valence-corrected chi connectivity index (χ1v) is 5.06. The smallest absolute Gasteiger partial charge is 0.0166 e. The minimum atomic E-state index is 1.13. The van der Waals surface area contributed by atoms with Gasteiger partial charge in [0.05, 0.1) is 0 Å². The maximum absolute atomic E-state index is 3.36. The summed E-state index contributed by atoms with van der Waals surface area (Å²) in [4.78, 5) is 2.55. The molecule has 0 aliphatic carbocycles. The number of nitrogens with one attached hydrogen (secondary N) is 1. The Bertz CT molecular complexity index is 161. The second kappa shape index (κ2) is 4.06. The molecule has 2 rings (SSSR count). The Balaban J connectivity index is 1.75. The highest BCUT2D eigenvalue weighted by molar-refractivity contribution is 5.09. The average Bonchev–Trinajstić information content (AvgIpc) is 2.74. The van der Waals surface area contributed by atoms with Crippen molar-refractivity contribution in [1.82, 2.24) is 10.2 Å². The second-order valence-electron chi connectivity index (χ2n) is 3.80. The van der Waals surface area contributed by atoms with Gasteiger partial charge >= 0.3 is 0 Å². The first kappa shape index (κ1) is 8.27. The van der Waals surface area contributed by atoms with Gasteiger partial charge in [0.15, 0.2) is 0 Å². The highest BCUT2D eigenvalue weighted by Gasteiger charge is 2.10. The molecule has 2 aliphatic heterocycles. The molecule has 68 valence electrons. The van der Waals surface area contributed by atoms with E-state index in [0.717, 1.165) is 6.54 Å². The van der Waals surface area contributed by atoms with E-state index < -0.39 is 0 Å². The van der Waals surface area contributed by atoms with Gasteiger partial charge in [0.25, 0.3) is 0 Å². The Morgan fingerprint density at radius 1 is 1.33 bits per heavy atom. The van der Waals surface area contributed by atoms with Crippen molar-refractivity contribution >= 4 is 0 Å². The van der Waals surface area contributed by atoms with Crippen LogP contribution in [-0.4, -0.2) is 37.6 Å². The quantitative estimate of drug-likeness (QED) is 0.616. The van der Waals surface area contributed by atoms with Crippen LogP contribution in [0.1, 0.15) is 19.3 Å². The van der Waals surface area contributed by atoms with Crippen LogP contribution in [-0.2, 0) is 0 Å². The van der Waals surface area contributed by atoms with Crippen molar-refractivity contribution in [3.05, 3.63) is 11.6 Å². The predicted octanol–water partition coefficient (Wildman–Crippen LogP) is 1.00. The molecule has 2 heterocycles. The molecule has 0 aromatic rings. The van der Waals surface area contributed by atoms with E-state index in [1.54, 1.807) is 5.57 Å². The van der Waals surface area contributed by atoms with E-state index in [1.165, 1.54) is 45.4 Å². The molecule has 0 spiro atoms. The van der Waals surface area contributed by atoms with Crippen molar-refractivity contribution < 1.29 is 0 Å².